The number of methoxy groups -OCH3 is 1. The minimum absolute atomic E-state index is 0.0440. The molecular weight excluding hydrogens is 354 g/mol. The summed E-state index contributed by atoms with van der Waals surface area (Å²) in [5.74, 6) is 2.04. The lowest BCUT2D eigenvalue weighted by molar-refractivity contribution is -0.123. The second-order valence-corrected chi connectivity index (χ2v) is 8.99. The summed E-state index contributed by atoms with van der Waals surface area (Å²) in [7, 11) is 1.61. The Morgan fingerprint density at radius 1 is 1.29 bits per heavy atom. The number of nitrogens with zero attached hydrogens (tertiary/aromatic N) is 2. The van der Waals surface area contributed by atoms with Crippen LogP contribution in [-0.2, 0) is 4.79 Å². The highest BCUT2D eigenvalue weighted by Gasteiger charge is 2.57. The zero-order chi connectivity index (χ0) is 19.9. The number of amides is 2. The summed E-state index contributed by atoms with van der Waals surface area (Å²) in [5.41, 5.74) is 0.520. The van der Waals surface area contributed by atoms with Gasteiger partial charge in [-0.2, -0.15) is 0 Å². The van der Waals surface area contributed by atoms with Crippen molar-refractivity contribution in [2.75, 3.05) is 39.8 Å². The quantitative estimate of drug-likeness (QED) is 0.861. The summed E-state index contributed by atoms with van der Waals surface area (Å²) < 4.78 is 5.24. The average Bonchev–Trinajstić information content (AvgIpc) is 3.21. The minimum Gasteiger partial charge on any atom is -0.497 e. The van der Waals surface area contributed by atoms with Gasteiger partial charge >= 0.3 is 0 Å². The van der Waals surface area contributed by atoms with Crippen LogP contribution in [0.2, 0.25) is 0 Å². The number of rotatable bonds is 4. The monoisotopic (exact) mass is 385 g/mol. The van der Waals surface area contributed by atoms with Gasteiger partial charge in [-0.15, -0.1) is 0 Å². The number of carbonyl (C=O) groups is 2. The van der Waals surface area contributed by atoms with Gasteiger partial charge in [-0.1, -0.05) is 19.9 Å². The topological polar surface area (TPSA) is 61.9 Å². The van der Waals surface area contributed by atoms with Gasteiger partial charge in [-0.25, -0.2) is 0 Å². The summed E-state index contributed by atoms with van der Waals surface area (Å²) in [6, 6.07) is 7.32. The Bertz CT molecular complexity index is 755. The number of likely N-dealkylation sites (tertiary alicyclic amines) is 2. The predicted octanol–water partition coefficient (Wildman–Crippen LogP) is 2.00. The highest BCUT2D eigenvalue weighted by Crippen LogP contribution is 2.44. The molecule has 3 aliphatic rings. The summed E-state index contributed by atoms with van der Waals surface area (Å²) in [5, 5.41) is 3.34. The predicted molar refractivity (Wildman–Crippen MR) is 107 cm³/mol. The van der Waals surface area contributed by atoms with E-state index >= 15 is 0 Å². The number of hydrogen-bond donors (Lipinski definition) is 1. The molecule has 4 rings (SSSR count). The maximum Gasteiger partial charge on any atom is 0.253 e. The fraction of sp³-hybridized carbons (Fsp3) is 0.636. The molecule has 1 spiro atoms. The molecule has 2 atom stereocenters. The van der Waals surface area contributed by atoms with Gasteiger partial charge in [-0.3, -0.25) is 9.59 Å². The van der Waals surface area contributed by atoms with Gasteiger partial charge in [0.15, 0.2) is 0 Å². The van der Waals surface area contributed by atoms with E-state index in [0.717, 1.165) is 32.5 Å². The molecule has 28 heavy (non-hydrogen) atoms. The van der Waals surface area contributed by atoms with E-state index in [1.807, 2.05) is 23.1 Å². The van der Waals surface area contributed by atoms with Gasteiger partial charge in [0.25, 0.3) is 5.91 Å². The van der Waals surface area contributed by atoms with E-state index in [4.69, 9.17) is 4.74 Å². The molecule has 152 valence electrons. The Labute approximate surface area is 167 Å². The molecule has 0 unspecified atom stereocenters. The number of benzene rings is 1. The number of piperidine rings is 1. The van der Waals surface area contributed by atoms with Crippen LogP contribution in [-0.4, -0.2) is 67.0 Å². The number of fused-ring (bicyclic) bond motifs is 2. The summed E-state index contributed by atoms with van der Waals surface area (Å²) in [6.45, 7) is 8.75. The fourth-order valence-corrected chi connectivity index (χ4v) is 5.35. The van der Waals surface area contributed by atoms with Crippen molar-refractivity contribution in [1.29, 1.82) is 0 Å². The van der Waals surface area contributed by atoms with Crippen LogP contribution < -0.4 is 10.1 Å². The van der Waals surface area contributed by atoms with Crippen LogP contribution in [0.15, 0.2) is 24.3 Å². The van der Waals surface area contributed by atoms with Crippen molar-refractivity contribution < 1.29 is 14.3 Å². The van der Waals surface area contributed by atoms with Crippen molar-refractivity contribution in [2.45, 2.75) is 32.2 Å². The third kappa shape index (κ3) is 3.39. The molecular formula is C22H31N3O3. The zero-order valence-corrected chi connectivity index (χ0v) is 17.1. The first kappa shape index (κ1) is 19.2. The standard InChI is InChI=1S/C22H31N3O3/c1-15(2)12-24-13-18-19(14-24)22(23-20(18)26)7-9-25(10-8-22)21(27)16-5-4-6-17(11-16)28-3/h4-6,11,15,18-19H,7-10,12-14H2,1-3H3,(H,23,26)/t18-,19+/m1/s1. The maximum absolute atomic E-state index is 12.9. The van der Waals surface area contributed by atoms with Gasteiger partial charge in [-0.05, 0) is 37.0 Å². The Hall–Kier alpha value is -2.08. The normalized spacial score (nSPS) is 26.6. The first-order valence-corrected chi connectivity index (χ1v) is 10.4. The van der Waals surface area contributed by atoms with Crippen LogP contribution >= 0.6 is 0 Å². The van der Waals surface area contributed by atoms with Crippen molar-refractivity contribution in [3.63, 3.8) is 0 Å². The van der Waals surface area contributed by atoms with Crippen molar-refractivity contribution in [3.05, 3.63) is 29.8 Å². The third-order valence-corrected chi connectivity index (χ3v) is 6.70. The first-order valence-electron chi connectivity index (χ1n) is 10.4. The summed E-state index contributed by atoms with van der Waals surface area (Å²) in [4.78, 5) is 29.9. The Kier molecular flexibility index (Phi) is 5.08. The zero-order valence-electron chi connectivity index (χ0n) is 17.1. The fourth-order valence-electron chi connectivity index (χ4n) is 5.35. The van der Waals surface area contributed by atoms with E-state index in [2.05, 4.69) is 24.1 Å². The molecule has 0 aromatic heterocycles. The summed E-state index contributed by atoms with van der Waals surface area (Å²) in [6.07, 6.45) is 1.68. The van der Waals surface area contributed by atoms with Crippen molar-refractivity contribution in [3.8, 4) is 5.75 Å². The van der Waals surface area contributed by atoms with E-state index in [9.17, 15) is 9.59 Å². The van der Waals surface area contributed by atoms with Crippen LogP contribution in [0.4, 0.5) is 0 Å². The van der Waals surface area contributed by atoms with Crippen LogP contribution in [0.1, 0.15) is 37.0 Å². The largest absolute Gasteiger partial charge is 0.497 e. The lowest BCUT2D eigenvalue weighted by atomic mass is 9.75. The van der Waals surface area contributed by atoms with Crippen LogP contribution in [0.25, 0.3) is 0 Å². The Morgan fingerprint density at radius 3 is 2.71 bits per heavy atom. The van der Waals surface area contributed by atoms with Crippen molar-refractivity contribution in [2.24, 2.45) is 17.8 Å². The van der Waals surface area contributed by atoms with Gasteiger partial charge in [0.1, 0.15) is 5.75 Å². The number of carbonyl (C=O) groups excluding carboxylic acids is 2. The minimum atomic E-state index is -0.140. The maximum atomic E-state index is 12.9. The van der Waals surface area contributed by atoms with Gasteiger partial charge in [0.2, 0.25) is 5.91 Å². The number of ether oxygens (including phenoxy) is 1. The van der Waals surface area contributed by atoms with E-state index in [0.29, 0.717) is 36.2 Å². The molecule has 0 aliphatic carbocycles. The van der Waals surface area contributed by atoms with Crippen LogP contribution in [0, 0.1) is 17.8 Å². The number of nitrogens with one attached hydrogen (secondary N) is 1. The highest BCUT2D eigenvalue weighted by atomic mass is 16.5. The molecule has 3 aliphatic heterocycles. The lowest BCUT2D eigenvalue weighted by Crippen LogP contribution is -2.56. The molecule has 0 radical (unpaired) electrons. The summed E-state index contributed by atoms with van der Waals surface area (Å²) >= 11 is 0. The molecule has 6 heteroatoms. The van der Waals surface area contributed by atoms with E-state index < -0.39 is 0 Å². The van der Waals surface area contributed by atoms with Gasteiger partial charge < -0.3 is 19.9 Å². The molecule has 1 aromatic carbocycles. The van der Waals surface area contributed by atoms with Crippen molar-refractivity contribution in [1.82, 2.24) is 15.1 Å². The van der Waals surface area contributed by atoms with Gasteiger partial charge in [0.05, 0.1) is 13.0 Å². The molecule has 6 nitrogen and oxygen atoms in total. The Morgan fingerprint density at radius 2 is 2.04 bits per heavy atom. The second-order valence-electron chi connectivity index (χ2n) is 8.99. The first-order chi connectivity index (χ1) is 13.4. The molecule has 3 saturated heterocycles. The van der Waals surface area contributed by atoms with E-state index in [1.54, 1.807) is 13.2 Å². The van der Waals surface area contributed by atoms with Crippen LogP contribution in [0.3, 0.4) is 0 Å². The molecule has 3 heterocycles. The second kappa shape index (κ2) is 7.39. The molecule has 1 aromatic rings. The molecule has 0 saturated carbocycles. The van der Waals surface area contributed by atoms with Crippen molar-refractivity contribution >= 4 is 11.8 Å². The van der Waals surface area contributed by atoms with E-state index in [-0.39, 0.29) is 23.3 Å². The smallest absolute Gasteiger partial charge is 0.253 e. The van der Waals surface area contributed by atoms with E-state index in [1.165, 1.54) is 0 Å². The lowest BCUT2D eigenvalue weighted by Gasteiger charge is -2.43. The van der Waals surface area contributed by atoms with Crippen LogP contribution in [0.5, 0.6) is 5.75 Å². The molecule has 2 amide bonds. The van der Waals surface area contributed by atoms with Gasteiger partial charge in [0, 0.05) is 49.7 Å². The third-order valence-electron chi connectivity index (χ3n) is 6.70. The number of hydrogen-bond acceptors (Lipinski definition) is 4. The molecule has 1 N–H and O–H groups in total. The Balaban J connectivity index is 1.43. The molecule has 3 fully saturated rings. The molecule has 0 bridgehead atoms. The highest BCUT2D eigenvalue weighted by molar-refractivity contribution is 5.94. The average molecular weight is 386 g/mol. The SMILES string of the molecule is COc1cccc(C(=O)N2CCC3(CC2)NC(=O)[C@@H]2CN(CC(C)C)C[C@@H]23)c1.